The molecule has 1 aliphatic rings. The lowest BCUT2D eigenvalue weighted by atomic mass is 9.89. The Balaban J connectivity index is 1.65. The molecule has 196 valence electrons. The Hall–Kier alpha value is -3.07. The predicted octanol–water partition coefficient (Wildman–Crippen LogP) is 5.18. The fourth-order valence-electron chi connectivity index (χ4n) is 4.32. The van der Waals surface area contributed by atoms with Gasteiger partial charge in [0.2, 0.25) is 0 Å². The number of pyridine rings is 1. The van der Waals surface area contributed by atoms with Gasteiger partial charge in [0, 0.05) is 23.8 Å². The average Bonchev–Trinajstić information content (AvgIpc) is 2.88. The van der Waals surface area contributed by atoms with Gasteiger partial charge >= 0.3 is 5.56 Å². The van der Waals surface area contributed by atoms with Gasteiger partial charge in [-0.05, 0) is 68.0 Å². The number of carbonyl (C=O) groups excluding carboxylic acids is 1. The van der Waals surface area contributed by atoms with E-state index in [0.717, 1.165) is 15.9 Å². The summed E-state index contributed by atoms with van der Waals surface area (Å²) in [6.07, 6.45) is 1.88. The number of benzene rings is 2. The number of aliphatic hydroxyl groups is 1. The highest BCUT2D eigenvalue weighted by Gasteiger charge is 2.29. The average molecular weight is 548 g/mol. The molecule has 10 heteroatoms. The van der Waals surface area contributed by atoms with E-state index in [2.05, 4.69) is 5.32 Å². The number of anilines is 2. The minimum absolute atomic E-state index is 0.148. The maximum absolute atomic E-state index is 13.7. The Morgan fingerprint density at radius 2 is 1.86 bits per heavy atom. The van der Waals surface area contributed by atoms with E-state index >= 15 is 0 Å². The first-order valence-electron chi connectivity index (χ1n) is 12.0. The zero-order valence-corrected chi connectivity index (χ0v) is 22.0. The van der Waals surface area contributed by atoms with E-state index in [1.54, 1.807) is 29.2 Å². The van der Waals surface area contributed by atoms with Crippen molar-refractivity contribution in [2.75, 3.05) is 25.0 Å². The molecule has 3 aromatic rings. The standard InChI is InChI=1S/C27H28Cl2FN3O4/c1-16-3-6-20(28)13-23(16)31-25-22(14-33(27(36)24(25)29)37-15-17(2)34)26(35)32-11-9-19(10-12-32)18-4-7-21(30)8-5-18/h3-8,13-14,17,19,31,34H,9-12,15H2,1-2H3. The van der Waals surface area contributed by atoms with E-state index in [-0.39, 0.29) is 40.5 Å². The van der Waals surface area contributed by atoms with Crippen LogP contribution in [0.4, 0.5) is 15.8 Å². The molecule has 0 aliphatic carbocycles. The number of aliphatic hydroxyl groups excluding tert-OH is 1. The monoisotopic (exact) mass is 547 g/mol. The van der Waals surface area contributed by atoms with Crippen molar-refractivity contribution in [1.29, 1.82) is 0 Å². The summed E-state index contributed by atoms with van der Waals surface area (Å²) >= 11 is 12.7. The highest BCUT2D eigenvalue weighted by molar-refractivity contribution is 6.34. The first-order chi connectivity index (χ1) is 17.6. The second kappa shape index (κ2) is 11.5. The molecule has 1 fully saturated rings. The molecule has 1 saturated heterocycles. The fraction of sp³-hybridized carbons (Fsp3) is 0.333. The minimum atomic E-state index is -0.831. The van der Waals surface area contributed by atoms with Crippen LogP contribution in [-0.2, 0) is 0 Å². The number of amides is 1. The molecule has 2 aromatic carbocycles. The summed E-state index contributed by atoms with van der Waals surface area (Å²) in [5.74, 6) is -0.393. The molecule has 0 saturated carbocycles. The number of halogens is 3. The molecule has 0 radical (unpaired) electrons. The normalized spacial score (nSPS) is 14.9. The molecule has 1 aliphatic heterocycles. The molecule has 1 unspecified atom stereocenters. The molecular formula is C27H28Cl2FN3O4. The van der Waals surface area contributed by atoms with Gasteiger partial charge in [0.15, 0.2) is 0 Å². The summed E-state index contributed by atoms with van der Waals surface area (Å²) in [6, 6.07) is 11.7. The van der Waals surface area contributed by atoms with Crippen LogP contribution in [0.2, 0.25) is 10.0 Å². The summed E-state index contributed by atoms with van der Waals surface area (Å²) in [5, 5.41) is 13.0. The van der Waals surface area contributed by atoms with Crippen LogP contribution in [-0.4, -0.2) is 46.4 Å². The second-order valence-corrected chi connectivity index (χ2v) is 10.0. The van der Waals surface area contributed by atoms with E-state index in [1.807, 2.05) is 13.0 Å². The van der Waals surface area contributed by atoms with Gasteiger partial charge in [-0.3, -0.25) is 9.59 Å². The van der Waals surface area contributed by atoms with Crippen molar-refractivity contribution in [2.24, 2.45) is 0 Å². The van der Waals surface area contributed by atoms with Gasteiger partial charge in [0.1, 0.15) is 17.4 Å². The third kappa shape index (κ3) is 6.26. The maximum atomic E-state index is 13.7. The van der Waals surface area contributed by atoms with E-state index in [1.165, 1.54) is 25.3 Å². The van der Waals surface area contributed by atoms with Crippen molar-refractivity contribution in [1.82, 2.24) is 9.63 Å². The molecule has 2 N–H and O–H groups in total. The summed E-state index contributed by atoms with van der Waals surface area (Å²) in [5.41, 5.74) is 2.11. The number of nitrogens with one attached hydrogen (secondary N) is 1. The largest absolute Gasteiger partial charge is 0.408 e. The number of hydrogen-bond acceptors (Lipinski definition) is 5. The van der Waals surface area contributed by atoms with Crippen LogP contribution in [0.15, 0.2) is 53.5 Å². The zero-order chi connectivity index (χ0) is 26.7. The summed E-state index contributed by atoms with van der Waals surface area (Å²) in [4.78, 5) is 33.8. The van der Waals surface area contributed by atoms with Gasteiger partial charge in [0.25, 0.3) is 5.91 Å². The molecule has 2 heterocycles. The van der Waals surface area contributed by atoms with Crippen molar-refractivity contribution in [3.8, 4) is 0 Å². The molecule has 37 heavy (non-hydrogen) atoms. The predicted molar refractivity (Wildman–Crippen MR) is 143 cm³/mol. The lowest BCUT2D eigenvalue weighted by Gasteiger charge is -2.33. The quantitative estimate of drug-likeness (QED) is 0.426. The fourth-order valence-corrected chi connectivity index (χ4v) is 4.72. The third-order valence-electron chi connectivity index (χ3n) is 6.39. The SMILES string of the molecule is Cc1ccc(Cl)cc1Nc1c(C(=O)N2CCC(c3ccc(F)cc3)CC2)cn(OCC(C)O)c(=O)c1Cl. The number of piperidine rings is 1. The molecule has 1 aromatic heterocycles. The van der Waals surface area contributed by atoms with Crippen LogP contribution in [0.3, 0.4) is 0 Å². The number of nitrogens with zero attached hydrogens (tertiary/aromatic N) is 2. The molecule has 0 spiro atoms. The number of hydrogen-bond donors (Lipinski definition) is 2. The van der Waals surface area contributed by atoms with Gasteiger partial charge in [-0.25, -0.2) is 4.39 Å². The summed E-state index contributed by atoms with van der Waals surface area (Å²) < 4.78 is 14.2. The van der Waals surface area contributed by atoms with Crippen molar-refractivity contribution < 1.29 is 19.1 Å². The maximum Gasteiger partial charge on any atom is 0.303 e. The number of aryl methyl sites for hydroxylation is 1. The summed E-state index contributed by atoms with van der Waals surface area (Å²) in [7, 11) is 0. The van der Waals surface area contributed by atoms with Gasteiger partial charge in [-0.2, -0.15) is 4.73 Å². The topological polar surface area (TPSA) is 83.8 Å². The van der Waals surface area contributed by atoms with E-state index in [0.29, 0.717) is 36.6 Å². The molecular weight excluding hydrogens is 520 g/mol. The second-order valence-electron chi connectivity index (χ2n) is 9.21. The molecule has 4 rings (SSSR count). The van der Waals surface area contributed by atoms with Crippen LogP contribution < -0.4 is 15.7 Å². The van der Waals surface area contributed by atoms with Crippen LogP contribution in [0, 0.1) is 12.7 Å². The van der Waals surface area contributed by atoms with Crippen molar-refractivity contribution in [3.05, 3.63) is 91.6 Å². The number of aromatic nitrogens is 1. The summed E-state index contributed by atoms with van der Waals surface area (Å²) in [6.45, 7) is 4.17. The Kier molecular flexibility index (Phi) is 8.42. The van der Waals surface area contributed by atoms with Crippen molar-refractivity contribution in [3.63, 3.8) is 0 Å². The molecule has 7 nitrogen and oxygen atoms in total. The lowest BCUT2D eigenvalue weighted by Crippen LogP contribution is -2.39. The van der Waals surface area contributed by atoms with E-state index in [4.69, 9.17) is 28.0 Å². The smallest absolute Gasteiger partial charge is 0.303 e. The first kappa shape index (κ1) is 27.0. The number of likely N-dealkylation sites (tertiary alicyclic amines) is 1. The van der Waals surface area contributed by atoms with E-state index < -0.39 is 11.7 Å². The van der Waals surface area contributed by atoms with Crippen LogP contribution in [0.5, 0.6) is 0 Å². The van der Waals surface area contributed by atoms with Gasteiger partial charge < -0.3 is 20.2 Å². The van der Waals surface area contributed by atoms with Crippen LogP contribution in [0.25, 0.3) is 0 Å². The Bertz CT molecular complexity index is 1340. The highest BCUT2D eigenvalue weighted by Crippen LogP contribution is 2.33. The van der Waals surface area contributed by atoms with Crippen LogP contribution >= 0.6 is 23.2 Å². The van der Waals surface area contributed by atoms with Gasteiger partial charge in [-0.1, -0.05) is 41.4 Å². The third-order valence-corrected chi connectivity index (χ3v) is 6.98. The zero-order valence-electron chi connectivity index (χ0n) is 20.5. The molecule has 1 atom stereocenters. The van der Waals surface area contributed by atoms with Gasteiger partial charge in [-0.15, -0.1) is 0 Å². The number of carbonyl (C=O) groups is 1. The minimum Gasteiger partial charge on any atom is -0.408 e. The van der Waals surface area contributed by atoms with Crippen molar-refractivity contribution in [2.45, 2.75) is 38.7 Å². The Labute approximate surface area is 224 Å². The van der Waals surface area contributed by atoms with Crippen molar-refractivity contribution >= 4 is 40.5 Å². The lowest BCUT2D eigenvalue weighted by molar-refractivity contribution is 0.0298. The number of rotatable bonds is 7. The molecule has 0 bridgehead atoms. The van der Waals surface area contributed by atoms with Gasteiger partial charge in [0.05, 0.1) is 23.6 Å². The van der Waals surface area contributed by atoms with Crippen LogP contribution in [0.1, 0.15) is 47.2 Å². The molecule has 1 amide bonds. The Morgan fingerprint density at radius 1 is 1.19 bits per heavy atom. The Morgan fingerprint density at radius 3 is 2.51 bits per heavy atom. The first-order valence-corrected chi connectivity index (χ1v) is 12.7. The van der Waals surface area contributed by atoms with E-state index in [9.17, 15) is 19.1 Å². The highest BCUT2D eigenvalue weighted by atomic mass is 35.5.